The van der Waals surface area contributed by atoms with E-state index >= 15 is 0 Å². The van der Waals surface area contributed by atoms with Crippen molar-refractivity contribution in [3.63, 3.8) is 0 Å². The molecule has 0 bridgehead atoms. The number of rotatable bonds is 0. The van der Waals surface area contributed by atoms with Crippen molar-refractivity contribution in [2.24, 2.45) is 0 Å². The molecule has 1 aliphatic heterocycles. The maximum Gasteiger partial charge on any atom is 0.0866 e. The quantitative estimate of drug-likeness (QED) is 0.110. The zero-order valence-corrected chi connectivity index (χ0v) is 30.9. The maximum atomic E-state index is 2.39. The van der Waals surface area contributed by atoms with Crippen LogP contribution in [0.4, 0.5) is 0 Å². The molecule has 4 aliphatic carbocycles. The van der Waals surface area contributed by atoms with Gasteiger partial charge < -0.3 is 0 Å². The van der Waals surface area contributed by atoms with E-state index in [-0.39, 0.29) is 26.6 Å². The van der Waals surface area contributed by atoms with Gasteiger partial charge in [-0.25, -0.2) is 0 Å². The molecule has 0 amide bonds. The summed E-state index contributed by atoms with van der Waals surface area (Å²) in [5.74, 6) is 0. The monoisotopic (exact) mass is 735 g/mol. The van der Waals surface area contributed by atoms with Gasteiger partial charge in [-0.3, -0.25) is 0 Å². The molecule has 0 saturated carbocycles. The van der Waals surface area contributed by atoms with Gasteiger partial charge >= 0.3 is 0 Å². The number of benzene rings is 6. The Hall–Kier alpha value is -4.59. The van der Waals surface area contributed by atoms with Crippen LogP contribution in [0.25, 0.3) is 35.5 Å². The average molecular weight is 736 g/mol. The van der Waals surface area contributed by atoms with E-state index in [0.717, 1.165) is 6.42 Å². The standard InChI is InChI=1S/C25H20S.C25H20.Cu/c1-4-12-21-18(8-1)11-7-17-24(21)25(26-24)22-13-5-2-9-19(22)15-16-20-10-3-6-14-23(20)25;1-4-12-21-18(8-1)11-7-15-24(21)25-22-13-5-2-9-19(22)16-17-20-10-3-6-14-23(20)25;/h1-6,8-10,12-16H,7,11,17H2;1-6,8-10,12-14,16-17H,7,11,15H2;. The summed E-state index contributed by atoms with van der Waals surface area (Å²) in [5.41, 5.74) is 20.0. The first-order valence-electron chi connectivity index (χ1n) is 18.6. The van der Waals surface area contributed by atoms with Gasteiger partial charge in [-0.15, -0.1) is 11.8 Å². The minimum atomic E-state index is 0. The minimum absolute atomic E-state index is 0. The second-order valence-corrected chi connectivity index (χ2v) is 16.0. The molecular formula is C50H40CuS. The molecule has 6 aromatic carbocycles. The summed E-state index contributed by atoms with van der Waals surface area (Å²) >= 11 is 2.18. The van der Waals surface area contributed by atoms with Crippen molar-refractivity contribution in [3.8, 4) is 0 Å². The number of hydrogen-bond donors (Lipinski definition) is 0. The Morgan fingerprint density at radius 2 is 0.865 bits per heavy atom. The van der Waals surface area contributed by atoms with Crippen molar-refractivity contribution in [3.05, 3.63) is 212 Å². The molecule has 52 heavy (non-hydrogen) atoms. The molecule has 2 spiro atoms. The summed E-state index contributed by atoms with van der Waals surface area (Å²) in [7, 11) is 0. The van der Waals surface area contributed by atoms with E-state index in [4.69, 9.17) is 0 Å². The fourth-order valence-electron chi connectivity index (χ4n) is 9.57. The van der Waals surface area contributed by atoms with Crippen molar-refractivity contribution < 1.29 is 17.1 Å². The molecule has 257 valence electrons. The molecule has 1 fully saturated rings. The van der Waals surface area contributed by atoms with Gasteiger partial charge in [0.25, 0.3) is 0 Å². The Labute approximate surface area is 322 Å². The summed E-state index contributed by atoms with van der Waals surface area (Å²) < 4.78 is 0.223. The molecule has 0 nitrogen and oxygen atoms in total. The van der Waals surface area contributed by atoms with Gasteiger partial charge in [0.05, 0.1) is 9.49 Å². The number of thioether (sulfide) groups is 1. The van der Waals surface area contributed by atoms with Crippen molar-refractivity contribution >= 4 is 47.2 Å². The van der Waals surface area contributed by atoms with Crippen LogP contribution in [-0.2, 0) is 39.4 Å². The number of aryl methyl sites for hydroxylation is 2. The normalized spacial score (nSPS) is 19.2. The van der Waals surface area contributed by atoms with Gasteiger partial charge in [0, 0.05) is 17.1 Å². The van der Waals surface area contributed by atoms with E-state index in [0.29, 0.717) is 0 Å². The van der Waals surface area contributed by atoms with Crippen molar-refractivity contribution in [1.29, 1.82) is 0 Å². The maximum absolute atomic E-state index is 2.39. The fourth-order valence-corrected chi connectivity index (χ4v) is 11.6. The van der Waals surface area contributed by atoms with Crippen LogP contribution in [0.5, 0.6) is 0 Å². The second kappa shape index (κ2) is 13.4. The summed E-state index contributed by atoms with van der Waals surface area (Å²) in [6.07, 6.45) is 16.5. The summed E-state index contributed by atoms with van der Waals surface area (Å²) in [5, 5.41) is 0. The molecular weight excluding hydrogens is 696 g/mol. The molecule has 1 atom stereocenters. The van der Waals surface area contributed by atoms with Gasteiger partial charge in [-0.05, 0) is 116 Å². The Kier molecular flexibility index (Phi) is 8.59. The molecule has 1 heterocycles. The smallest absolute Gasteiger partial charge is 0.0866 e. The first kappa shape index (κ1) is 33.3. The van der Waals surface area contributed by atoms with Crippen LogP contribution >= 0.6 is 11.8 Å². The molecule has 1 unspecified atom stereocenters. The Morgan fingerprint density at radius 1 is 0.404 bits per heavy atom. The molecule has 5 aliphatic rings. The SMILES string of the molecule is C1=Cc2ccccc2C(=C2CCCc3ccccc32)c2ccccc21.C1=Cc2ccccc2C2(SC23CCCc2ccccc23)c2ccccc21.[Cu]. The van der Waals surface area contributed by atoms with Crippen molar-refractivity contribution in [2.75, 3.05) is 0 Å². The Bertz CT molecular complexity index is 2330. The van der Waals surface area contributed by atoms with E-state index < -0.39 is 0 Å². The van der Waals surface area contributed by atoms with E-state index in [1.807, 2.05) is 0 Å². The predicted molar refractivity (Wildman–Crippen MR) is 218 cm³/mol. The minimum Gasteiger partial charge on any atom is -0.130 e. The molecule has 0 aromatic heterocycles. The third-order valence-corrected chi connectivity index (χ3v) is 13.8. The Balaban J connectivity index is 0.000000136. The third-order valence-electron chi connectivity index (χ3n) is 11.8. The van der Waals surface area contributed by atoms with Gasteiger partial charge in [0.2, 0.25) is 0 Å². The van der Waals surface area contributed by atoms with Gasteiger partial charge in [-0.2, -0.15) is 0 Å². The van der Waals surface area contributed by atoms with Gasteiger partial charge in [-0.1, -0.05) is 170 Å². The first-order chi connectivity index (χ1) is 25.3. The number of allylic oxidation sites excluding steroid dienone is 1. The van der Waals surface area contributed by atoms with E-state index in [1.165, 1.54) is 98.9 Å². The van der Waals surface area contributed by atoms with Crippen LogP contribution in [0, 0.1) is 0 Å². The van der Waals surface area contributed by atoms with E-state index in [9.17, 15) is 0 Å². The third kappa shape index (κ3) is 5.19. The zero-order valence-electron chi connectivity index (χ0n) is 29.1. The van der Waals surface area contributed by atoms with E-state index in [1.54, 1.807) is 11.1 Å². The number of fused-ring (bicyclic) bond motifs is 10. The van der Waals surface area contributed by atoms with E-state index in [2.05, 4.69) is 182 Å². The Morgan fingerprint density at radius 3 is 1.50 bits per heavy atom. The van der Waals surface area contributed by atoms with Crippen molar-refractivity contribution in [2.45, 2.75) is 48.0 Å². The largest absolute Gasteiger partial charge is 0.130 e. The molecule has 6 aromatic rings. The van der Waals surface area contributed by atoms with Crippen LogP contribution in [0.2, 0.25) is 0 Å². The van der Waals surface area contributed by atoms with Crippen LogP contribution in [0.3, 0.4) is 0 Å². The van der Waals surface area contributed by atoms with Gasteiger partial charge in [0.1, 0.15) is 0 Å². The van der Waals surface area contributed by atoms with Crippen molar-refractivity contribution in [1.82, 2.24) is 0 Å². The average Bonchev–Trinajstić information content (AvgIpc) is 3.92. The van der Waals surface area contributed by atoms with Crippen LogP contribution < -0.4 is 0 Å². The summed E-state index contributed by atoms with van der Waals surface area (Å²) in [6.45, 7) is 0. The molecule has 11 rings (SSSR count). The van der Waals surface area contributed by atoms with Gasteiger partial charge in [0.15, 0.2) is 0 Å². The zero-order chi connectivity index (χ0) is 33.8. The molecule has 2 heteroatoms. The summed E-state index contributed by atoms with van der Waals surface area (Å²) in [6, 6.07) is 53.8. The van der Waals surface area contributed by atoms with Crippen LogP contribution in [-0.4, -0.2) is 0 Å². The molecule has 1 saturated heterocycles. The summed E-state index contributed by atoms with van der Waals surface area (Å²) in [4.78, 5) is 0. The number of hydrogen-bond acceptors (Lipinski definition) is 1. The van der Waals surface area contributed by atoms with Crippen LogP contribution in [0.1, 0.15) is 92.4 Å². The predicted octanol–water partition coefficient (Wildman–Crippen LogP) is 12.9. The molecule has 1 radical (unpaired) electrons. The second-order valence-electron chi connectivity index (χ2n) is 14.5. The first-order valence-corrected chi connectivity index (χ1v) is 19.4. The fraction of sp³-hybridized carbons (Fsp3) is 0.160. The topological polar surface area (TPSA) is 0 Å². The van der Waals surface area contributed by atoms with Crippen LogP contribution in [0.15, 0.2) is 146 Å². The molecule has 0 N–H and O–H groups in total.